The van der Waals surface area contributed by atoms with Crippen LogP contribution in [0.25, 0.3) is 0 Å². The molecule has 1 aromatic rings. The molecule has 0 bridgehead atoms. The summed E-state index contributed by atoms with van der Waals surface area (Å²) in [5.41, 5.74) is 6.73. The predicted octanol–water partition coefficient (Wildman–Crippen LogP) is 2.69. The van der Waals surface area contributed by atoms with Gasteiger partial charge in [-0.1, -0.05) is 12.8 Å². The maximum absolute atomic E-state index is 5.48. The van der Waals surface area contributed by atoms with Crippen LogP contribution in [0.4, 0.5) is 0 Å². The summed E-state index contributed by atoms with van der Waals surface area (Å²) in [6, 6.07) is 0. The van der Waals surface area contributed by atoms with E-state index in [4.69, 9.17) is 10.7 Å². The molecule has 14 heavy (non-hydrogen) atoms. The molecule has 2 N–H and O–H groups in total. The molecule has 0 unspecified atom stereocenters. The molecule has 0 amide bonds. The van der Waals surface area contributed by atoms with Gasteiger partial charge in [0.05, 0.1) is 10.7 Å². The maximum atomic E-state index is 5.48. The summed E-state index contributed by atoms with van der Waals surface area (Å²) in [6.07, 6.45) is 7.60. The maximum Gasteiger partial charge on any atom is 0.0959 e. The zero-order chi connectivity index (χ0) is 9.80. The highest BCUT2D eigenvalue weighted by molar-refractivity contribution is 7.09. The van der Waals surface area contributed by atoms with Gasteiger partial charge >= 0.3 is 0 Å². The summed E-state index contributed by atoms with van der Waals surface area (Å²) in [5.74, 6) is 0.770. The smallest absolute Gasteiger partial charge is 0.0959 e. The first-order valence-corrected chi connectivity index (χ1v) is 6.42. The molecular weight excluding hydrogens is 192 g/mol. The van der Waals surface area contributed by atoms with E-state index in [1.54, 1.807) is 0 Å². The van der Waals surface area contributed by atoms with Crippen LogP contribution in [0, 0.1) is 0 Å². The van der Waals surface area contributed by atoms with Crippen molar-refractivity contribution in [3.63, 3.8) is 0 Å². The topological polar surface area (TPSA) is 38.9 Å². The molecule has 0 saturated heterocycles. The Morgan fingerprint density at radius 3 is 2.93 bits per heavy atom. The first kappa shape index (κ1) is 10.1. The Bertz CT molecular complexity index is 277. The number of aromatic nitrogens is 1. The van der Waals surface area contributed by atoms with E-state index in [2.05, 4.69) is 5.38 Å². The van der Waals surface area contributed by atoms with Crippen molar-refractivity contribution >= 4 is 11.3 Å². The molecule has 0 radical (unpaired) electrons. The third-order valence-electron chi connectivity index (χ3n) is 2.91. The lowest BCUT2D eigenvalue weighted by Crippen LogP contribution is -2.00. The standard InChI is InChI=1S/C11H18N2S/c12-7-3-6-10-8-14-11(13-10)9-4-1-2-5-9/h8-9H,1-7,12H2. The lowest BCUT2D eigenvalue weighted by atomic mass is 10.1. The molecule has 78 valence electrons. The van der Waals surface area contributed by atoms with E-state index in [1.165, 1.54) is 36.4 Å². The summed E-state index contributed by atoms with van der Waals surface area (Å²) in [4.78, 5) is 4.69. The number of nitrogens with two attached hydrogens (primary N) is 1. The Morgan fingerprint density at radius 2 is 2.21 bits per heavy atom. The molecule has 1 aliphatic rings. The van der Waals surface area contributed by atoms with Gasteiger partial charge in [-0.2, -0.15) is 0 Å². The van der Waals surface area contributed by atoms with Crippen LogP contribution in [-0.4, -0.2) is 11.5 Å². The van der Waals surface area contributed by atoms with E-state index >= 15 is 0 Å². The number of thiazole rings is 1. The van der Waals surface area contributed by atoms with E-state index < -0.39 is 0 Å². The fourth-order valence-corrected chi connectivity index (χ4v) is 3.11. The quantitative estimate of drug-likeness (QED) is 0.830. The number of aryl methyl sites for hydroxylation is 1. The highest BCUT2D eigenvalue weighted by Crippen LogP contribution is 2.35. The van der Waals surface area contributed by atoms with Crippen LogP contribution >= 0.6 is 11.3 Å². The Labute approximate surface area is 89.5 Å². The predicted molar refractivity (Wildman–Crippen MR) is 60.7 cm³/mol. The first-order chi connectivity index (χ1) is 6.90. The third-order valence-corrected chi connectivity index (χ3v) is 3.97. The third kappa shape index (κ3) is 2.34. The average Bonchev–Trinajstić information content (AvgIpc) is 2.85. The number of nitrogens with zero attached hydrogens (tertiary/aromatic N) is 1. The van der Waals surface area contributed by atoms with Crippen LogP contribution in [0.5, 0.6) is 0 Å². The average molecular weight is 210 g/mol. The summed E-state index contributed by atoms with van der Waals surface area (Å²) in [5, 5.41) is 3.58. The van der Waals surface area contributed by atoms with Crippen LogP contribution in [0.3, 0.4) is 0 Å². The van der Waals surface area contributed by atoms with Gasteiger partial charge in [0, 0.05) is 11.3 Å². The summed E-state index contributed by atoms with van der Waals surface area (Å²) in [6.45, 7) is 0.774. The minimum Gasteiger partial charge on any atom is -0.330 e. The van der Waals surface area contributed by atoms with Crippen LogP contribution in [0.1, 0.15) is 48.7 Å². The van der Waals surface area contributed by atoms with Gasteiger partial charge in [0.25, 0.3) is 0 Å². The van der Waals surface area contributed by atoms with Gasteiger partial charge in [0.1, 0.15) is 0 Å². The first-order valence-electron chi connectivity index (χ1n) is 5.54. The highest BCUT2D eigenvalue weighted by atomic mass is 32.1. The number of hydrogen-bond donors (Lipinski definition) is 1. The highest BCUT2D eigenvalue weighted by Gasteiger charge is 2.19. The van der Waals surface area contributed by atoms with Crippen molar-refractivity contribution in [2.24, 2.45) is 5.73 Å². The summed E-state index contributed by atoms with van der Waals surface area (Å²) in [7, 11) is 0. The minimum absolute atomic E-state index is 0.770. The minimum atomic E-state index is 0.770. The SMILES string of the molecule is NCCCc1csc(C2CCCC2)n1. The second-order valence-corrected chi connectivity index (χ2v) is 4.94. The Balaban J connectivity index is 1.94. The second kappa shape index (κ2) is 4.89. The molecule has 1 saturated carbocycles. The second-order valence-electron chi connectivity index (χ2n) is 4.05. The molecule has 0 aliphatic heterocycles. The Kier molecular flexibility index (Phi) is 3.54. The van der Waals surface area contributed by atoms with E-state index in [0.29, 0.717) is 0 Å². The molecule has 2 nitrogen and oxygen atoms in total. The van der Waals surface area contributed by atoms with Crippen molar-refractivity contribution in [2.75, 3.05) is 6.54 Å². The molecule has 3 heteroatoms. The lowest BCUT2D eigenvalue weighted by molar-refractivity contribution is 0.707. The Hall–Kier alpha value is -0.410. The fraction of sp³-hybridized carbons (Fsp3) is 0.727. The molecule has 0 aromatic carbocycles. The molecule has 0 atom stereocenters. The molecule has 2 rings (SSSR count). The van der Waals surface area contributed by atoms with Gasteiger partial charge in [-0.05, 0) is 32.2 Å². The largest absolute Gasteiger partial charge is 0.330 e. The van der Waals surface area contributed by atoms with Gasteiger partial charge in [-0.25, -0.2) is 4.98 Å². The lowest BCUT2D eigenvalue weighted by Gasteiger charge is -2.02. The fourth-order valence-electron chi connectivity index (χ4n) is 2.08. The molecular formula is C11H18N2S. The van der Waals surface area contributed by atoms with Gasteiger partial charge in [0.2, 0.25) is 0 Å². The van der Waals surface area contributed by atoms with Crippen LogP contribution < -0.4 is 5.73 Å². The van der Waals surface area contributed by atoms with Gasteiger partial charge in [0.15, 0.2) is 0 Å². The molecule has 1 aliphatic carbocycles. The van der Waals surface area contributed by atoms with E-state index in [1.807, 2.05) is 11.3 Å². The number of rotatable bonds is 4. The monoisotopic (exact) mass is 210 g/mol. The van der Waals surface area contributed by atoms with Crippen LogP contribution in [-0.2, 0) is 6.42 Å². The number of hydrogen-bond acceptors (Lipinski definition) is 3. The van der Waals surface area contributed by atoms with Crippen LogP contribution in [0.2, 0.25) is 0 Å². The van der Waals surface area contributed by atoms with Gasteiger partial charge in [-0.3, -0.25) is 0 Å². The van der Waals surface area contributed by atoms with E-state index in [-0.39, 0.29) is 0 Å². The van der Waals surface area contributed by atoms with E-state index in [9.17, 15) is 0 Å². The molecule has 0 spiro atoms. The van der Waals surface area contributed by atoms with Crippen molar-refractivity contribution in [2.45, 2.75) is 44.4 Å². The van der Waals surface area contributed by atoms with Crippen molar-refractivity contribution in [1.82, 2.24) is 4.98 Å². The van der Waals surface area contributed by atoms with Crippen molar-refractivity contribution in [3.8, 4) is 0 Å². The van der Waals surface area contributed by atoms with Crippen molar-refractivity contribution in [3.05, 3.63) is 16.1 Å². The van der Waals surface area contributed by atoms with Crippen molar-refractivity contribution in [1.29, 1.82) is 0 Å². The van der Waals surface area contributed by atoms with Crippen molar-refractivity contribution < 1.29 is 0 Å². The molecule has 1 aromatic heterocycles. The van der Waals surface area contributed by atoms with E-state index in [0.717, 1.165) is 25.3 Å². The molecule has 1 fully saturated rings. The van der Waals surface area contributed by atoms with Crippen LogP contribution in [0.15, 0.2) is 5.38 Å². The summed E-state index contributed by atoms with van der Waals surface area (Å²) < 4.78 is 0. The van der Waals surface area contributed by atoms with Gasteiger partial charge < -0.3 is 5.73 Å². The summed E-state index contributed by atoms with van der Waals surface area (Å²) >= 11 is 1.85. The Morgan fingerprint density at radius 1 is 1.43 bits per heavy atom. The zero-order valence-electron chi connectivity index (χ0n) is 8.54. The molecule has 1 heterocycles. The zero-order valence-corrected chi connectivity index (χ0v) is 9.35. The van der Waals surface area contributed by atoms with Gasteiger partial charge in [-0.15, -0.1) is 11.3 Å². The normalized spacial score (nSPS) is 17.8.